The molecular formula is C22H25FN6O. The van der Waals surface area contributed by atoms with E-state index in [-0.39, 0.29) is 17.8 Å². The van der Waals surface area contributed by atoms with Crippen molar-refractivity contribution in [2.45, 2.75) is 43.6 Å². The second-order valence-electron chi connectivity index (χ2n) is 8.27. The molecule has 2 aliphatic rings. The highest BCUT2D eigenvalue weighted by Crippen LogP contribution is 2.39. The molecule has 7 nitrogen and oxygen atoms in total. The number of hydrogen-bond acceptors (Lipinski definition) is 6. The van der Waals surface area contributed by atoms with Crippen LogP contribution >= 0.6 is 0 Å². The third-order valence-corrected chi connectivity index (χ3v) is 6.71. The van der Waals surface area contributed by atoms with Gasteiger partial charge >= 0.3 is 0 Å². The van der Waals surface area contributed by atoms with Crippen molar-refractivity contribution in [1.82, 2.24) is 24.6 Å². The Morgan fingerprint density at radius 3 is 2.73 bits per heavy atom. The van der Waals surface area contributed by atoms with E-state index in [4.69, 9.17) is 0 Å². The van der Waals surface area contributed by atoms with Crippen LogP contribution in [0.3, 0.4) is 0 Å². The lowest BCUT2D eigenvalue weighted by molar-refractivity contribution is 0.0701. The Hall–Kier alpha value is -3.00. The monoisotopic (exact) mass is 408 g/mol. The molecule has 0 aliphatic carbocycles. The number of benzene rings is 1. The van der Waals surface area contributed by atoms with Gasteiger partial charge in [-0.1, -0.05) is 0 Å². The van der Waals surface area contributed by atoms with E-state index in [0.29, 0.717) is 23.1 Å². The van der Waals surface area contributed by atoms with Gasteiger partial charge in [0.1, 0.15) is 11.9 Å². The summed E-state index contributed by atoms with van der Waals surface area (Å²) in [6.45, 7) is 0. The normalized spacial score (nSPS) is 26.1. The Balaban J connectivity index is 1.36. The molecule has 0 saturated carbocycles. The largest absolute Gasteiger partial charge is 0.507 e. The first-order chi connectivity index (χ1) is 14.5. The summed E-state index contributed by atoms with van der Waals surface area (Å²) in [7, 11) is 3.92. The first-order valence-electron chi connectivity index (χ1n) is 10.3. The average Bonchev–Trinajstić information content (AvgIpc) is 3.37. The Kier molecular flexibility index (Phi) is 4.66. The van der Waals surface area contributed by atoms with Gasteiger partial charge in [0.15, 0.2) is 5.82 Å². The number of phenols is 1. The number of phenolic OH excluding ortho intramolecular Hbond substituents is 1. The molecule has 0 amide bonds. The topological polar surface area (TPSA) is 70.3 Å². The Morgan fingerprint density at radius 1 is 1.17 bits per heavy atom. The summed E-state index contributed by atoms with van der Waals surface area (Å²) >= 11 is 0. The Morgan fingerprint density at radius 2 is 2.03 bits per heavy atom. The molecule has 2 aliphatic heterocycles. The summed E-state index contributed by atoms with van der Waals surface area (Å²) in [6.07, 6.45) is 7.04. The third-order valence-electron chi connectivity index (χ3n) is 6.71. The molecular weight excluding hydrogens is 383 g/mol. The predicted octanol–water partition coefficient (Wildman–Crippen LogP) is 3.04. The fourth-order valence-corrected chi connectivity index (χ4v) is 4.88. The van der Waals surface area contributed by atoms with E-state index in [2.05, 4.69) is 20.1 Å². The van der Waals surface area contributed by atoms with Crippen molar-refractivity contribution in [3.05, 3.63) is 49.1 Å². The molecule has 2 bridgehead atoms. The van der Waals surface area contributed by atoms with Gasteiger partial charge in [0.05, 0.1) is 23.8 Å². The summed E-state index contributed by atoms with van der Waals surface area (Å²) in [6, 6.07) is 9.27. The molecule has 2 saturated heterocycles. The molecule has 0 spiro atoms. The van der Waals surface area contributed by atoms with E-state index < -0.39 is 6.17 Å². The highest BCUT2D eigenvalue weighted by Gasteiger charge is 2.47. The zero-order chi connectivity index (χ0) is 20.8. The van der Waals surface area contributed by atoms with Gasteiger partial charge in [-0.05, 0) is 50.6 Å². The van der Waals surface area contributed by atoms with Crippen LogP contribution in [0.5, 0.6) is 5.75 Å². The predicted molar refractivity (Wildman–Crippen MR) is 113 cm³/mol. The fraction of sp³-hybridized carbons (Fsp3) is 0.409. The first-order valence-corrected chi connectivity index (χ1v) is 10.3. The number of nitrogens with zero attached hydrogens (tertiary/aromatic N) is 6. The molecule has 3 aromatic rings. The number of aromatic nitrogens is 4. The maximum Gasteiger partial charge on any atom is 0.151 e. The van der Waals surface area contributed by atoms with Gasteiger partial charge in [0, 0.05) is 43.2 Å². The minimum Gasteiger partial charge on any atom is -0.507 e. The molecule has 0 unspecified atom stereocenters. The molecule has 2 aromatic heterocycles. The molecule has 0 radical (unpaired) electrons. The van der Waals surface area contributed by atoms with Crippen LogP contribution in [0.2, 0.25) is 0 Å². The Labute approximate surface area is 174 Å². The van der Waals surface area contributed by atoms with Crippen molar-refractivity contribution in [1.29, 1.82) is 0 Å². The van der Waals surface area contributed by atoms with E-state index in [1.165, 1.54) is 0 Å². The van der Waals surface area contributed by atoms with Crippen molar-refractivity contribution in [3.8, 4) is 22.7 Å². The highest BCUT2D eigenvalue weighted by atomic mass is 19.1. The first kappa shape index (κ1) is 19.0. The number of alkyl halides is 1. The Bertz CT molecular complexity index is 1020. The van der Waals surface area contributed by atoms with E-state index >= 15 is 4.39 Å². The van der Waals surface area contributed by atoms with Crippen molar-refractivity contribution < 1.29 is 9.50 Å². The van der Waals surface area contributed by atoms with Crippen LogP contribution in [0.4, 0.5) is 10.2 Å². The van der Waals surface area contributed by atoms with Gasteiger partial charge in [-0.2, -0.15) is 0 Å². The van der Waals surface area contributed by atoms with Gasteiger partial charge in [0.25, 0.3) is 0 Å². The van der Waals surface area contributed by atoms with Gasteiger partial charge in [0.2, 0.25) is 0 Å². The van der Waals surface area contributed by atoms with E-state index in [9.17, 15) is 5.11 Å². The lowest BCUT2D eigenvalue weighted by atomic mass is 9.95. The fourth-order valence-electron chi connectivity index (χ4n) is 4.88. The molecule has 2 fully saturated rings. The zero-order valence-electron chi connectivity index (χ0n) is 17.1. The molecule has 8 heteroatoms. The molecule has 4 atom stereocenters. The number of halogens is 1. The number of anilines is 1. The molecule has 156 valence electrons. The quantitative estimate of drug-likeness (QED) is 0.716. The van der Waals surface area contributed by atoms with Crippen LogP contribution in [0.25, 0.3) is 16.9 Å². The van der Waals surface area contributed by atoms with E-state index in [0.717, 1.165) is 24.9 Å². The van der Waals surface area contributed by atoms with Crippen molar-refractivity contribution in [2.75, 3.05) is 19.0 Å². The van der Waals surface area contributed by atoms with Crippen LogP contribution < -0.4 is 4.90 Å². The number of aromatic hydroxyl groups is 1. The number of rotatable bonds is 4. The highest BCUT2D eigenvalue weighted by molar-refractivity contribution is 5.69. The minimum atomic E-state index is -0.903. The van der Waals surface area contributed by atoms with Gasteiger partial charge in [-0.15, -0.1) is 10.2 Å². The smallest absolute Gasteiger partial charge is 0.151 e. The molecule has 1 N–H and O–H groups in total. The summed E-state index contributed by atoms with van der Waals surface area (Å²) in [4.78, 5) is 8.13. The lowest BCUT2D eigenvalue weighted by Gasteiger charge is -2.43. The summed E-state index contributed by atoms with van der Waals surface area (Å²) in [5.74, 6) is 0.761. The van der Waals surface area contributed by atoms with E-state index in [1.807, 2.05) is 54.0 Å². The number of imidazole rings is 1. The summed E-state index contributed by atoms with van der Waals surface area (Å²) in [5.41, 5.74) is 1.98. The zero-order valence-corrected chi connectivity index (χ0v) is 17.1. The van der Waals surface area contributed by atoms with Gasteiger partial charge in [-0.3, -0.25) is 4.90 Å². The third kappa shape index (κ3) is 3.11. The maximum absolute atomic E-state index is 15.1. The van der Waals surface area contributed by atoms with Crippen molar-refractivity contribution in [3.63, 3.8) is 0 Å². The van der Waals surface area contributed by atoms with Gasteiger partial charge < -0.3 is 14.6 Å². The molecule has 4 heterocycles. The summed E-state index contributed by atoms with van der Waals surface area (Å²) in [5, 5.41) is 19.1. The average molecular weight is 408 g/mol. The SMILES string of the molecule is CN(c1ccc(-c2ccc(-n3ccnc3)cc2O)nn1)[C@H]1C[C@@H]2CC[C@H]([C@@H]1F)N2C. The lowest BCUT2D eigenvalue weighted by Crippen LogP contribution is -2.56. The summed E-state index contributed by atoms with van der Waals surface area (Å²) < 4.78 is 16.9. The standard InChI is InChI=1S/C22H25FN6O/c1-27-14-4-7-18(27)22(23)19(11-14)28(2)21-8-6-17(25-26-21)16-5-3-15(12-20(16)30)29-10-9-24-13-29/h3,5-6,8-10,12-14,18-19,22,30H,4,7,11H2,1-2H3/t14-,18+,19-,22-/m0/s1. The van der Waals surface area contributed by atoms with Gasteiger partial charge in [-0.25, -0.2) is 9.37 Å². The number of piperidine rings is 1. The number of hydrogen-bond donors (Lipinski definition) is 1. The van der Waals surface area contributed by atoms with Crippen LogP contribution in [-0.2, 0) is 0 Å². The second-order valence-corrected chi connectivity index (χ2v) is 8.27. The van der Waals surface area contributed by atoms with Crippen molar-refractivity contribution in [2.24, 2.45) is 0 Å². The molecule has 5 rings (SSSR count). The van der Waals surface area contributed by atoms with Crippen LogP contribution in [0.1, 0.15) is 19.3 Å². The molecule has 1 aromatic carbocycles. The van der Waals surface area contributed by atoms with Crippen LogP contribution in [0, 0.1) is 0 Å². The van der Waals surface area contributed by atoms with Crippen LogP contribution in [-0.4, -0.2) is 68.1 Å². The molecule has 30 heavy (non-hydrogen) atoms. The van der Waals surface area contributed by atoms with Crippen molar-refractivity contribution >= 4 is 5.82 Å². The van der Waals surface area contributed by atoms with E-state index in [1.54, 1.807) is 18.6 Å². The maximum atomic E-state index is 15.1. The minimum absolute atomic E-state index is 0.00519. The van der Waals surface area contributed by atoms with Crippen LogP contribution in [0.15, 0.2) is 49.1 Å². The second kappa shape index (κ2) is 7.36. The number of fused-ring (bicyclic) bond motifs is 2.